The second-order valence-corrected chi connectivity index (χ2v) is 15.7. The van der Waals surface area contributed by atoms with Crippen LogP contribution in [0.4, 0.5) is 4.79 Å². The number of carbonyl (C=O) groups is 2. The van der Waals surface area contributed by atoms with E-state index in [1.807, 2.05) is 69.0 Å². The second kappa shape index (κ2) is 17.6. The Bertz CT molecular complexity index is 1630. The van der Waals surface area contributed by atoms with Crippen LogP contribution in [0.1, 0.15) is 74.6 Å². The van der Waals surface area contributed by atoms with Crippen LogP contribution in [-0.4, -0.2) is 73.5 Å². The van der Waals surface area contributed by atoms with E-state index in [0.717, 1.165) is 47.9 Å². The van der Waals surface area contributed by atoms with E-state index in [-0.39, 0.29) is 31.0 Å². The smallest absolute Gasteiger partial charge is 0.410 e. The summed E-state index contributed by atoms with van der Waals surface area (Å²) in [5.74, 6) is 0.617. The zero-order valence-electron chi connectivity index (χ0n) is 30.2. The number of piperidine rings is 1. The van der Waals surface area contributed by atoms with Crippen molar-refractivity contribution in [2.45, 2.75) is 83.9 Å². The van der Waals surface area contributed by atoms with Gasteiger partial charge in [0.2, 0.25) is 5.91 Å². The Kier molecular flexibility index (Phi) is 13.4. The lowest BCUT2D eigenvalue weighted by Gasteiger charge is -2.40. The molecule has 2 amide bonds. The summed E-state index contributed by atoms with van der Waals surface area (Å²) in [4.78, 5) is 31.7. The lowest BCUT2D eigenvalue weighted by molar-refractivity contribution is -0.139. The van der Waals surface area contributed by atoms with Crippen molar-refractivity contribution in [2.75, 3.05) is 40.0 Å². The van der Waals surface area contributed by atoms with E-state index in [1.54, 1.807) is 24.1 Å². The van der Waals surface area contributed by atoms with Crippen molar-refractivity contribution in [3.63, 3.8) is 0 Å². The summed E-state index contributed by atoms with van der Waals surface area (Å²) in [5, 5.41) is 1.56. The maximum atomic E-state index is 14.7. The van der Waals surface area contributed by atoms with Gasteiger partial charge in [-0.25, -0.2) is 4.79 Å². The Hall–Kier alpha value is -3.17. The highest BCUT2D eigenvalue weighted by Gasteiger charge is 2.43. The molecule has 2 unspecified atom stereocenters. The molecule has 5 rings (SSSR count). The van der Waals surface area contributed by atoms with Crippen molar-refractivity contribution in [1.82, 2.24) is 9.80 Å². The molecule has 2 aliphatic rings. The summed E-state index contributed by atoms with van der Waals surface area (Å²) in [6.45, 7) is 9.93. The number of nitrogens with zero attached hydrogens (tertiary/aromatic N) is 2. The molecule has 3 aromatic rings. The van der Waals surface area contributed by atoms with E-state index in [2.05, 4.69) is 6.07 Å². The number of rotatable bonds is 14. The van der Waals surface area contributed by atoms with Gasteiger partial charge in [0.1, 0.15) is 24.6 Å². The number of hydrogen-bond acceptors (Lipinski definition) is 6. The van der Waals surface area contributed by atoms with Crippen LogP contribution in [0, 0.1) is 12.8 Å². The third kappa shape index (κ3) is 10.9. The van der Waals surface area contributed by atoms with Gasteiger partial charge in [-0.15, -0.1) is 0 Å². The summed E-state index contributed by atoms with van der Waals surface area (Å²) >= 11 is 19.1. The summed E-state index contributed by atoms with van der Waals surface area (Å²) in [6, 6.07) is 17.6. The summed E-state index contributed by atoms with van der Waals surface area (Å²) < 4.78 is 22.8. The van der Waals surface area contributed by atoms with Gasteiger partial charge in [-0.05, 0) is 124 Å². The van der Waals surface area contributed by atoms with Gasteiger partial charge >= 0.3 is 6.09 Å². The Labute approximate surface area is 317 Å². The number of halogens is 3. The molecule has 0 N–H and O–H groups in total. The van der Waals surface area contributed by atoms with Crippen molar-refractivity contribution in [3.8, 4) is 11.5 Å². The lowest BCUT2D eigenvalue weighted by atomic mass is 9.79. The van der Waals surface area contributed by atoms with Crippen molar-refractivity contribution >= 4 is 46.8 Å². The summed E-state index contributed by atoms with van der Waals surface area (Å²) in [7, 11) is 1.70. The van der Waals surface area contributed by atoms with Crippen molar-refractivity contribution in [2.24, 2.45) is 5.92 Å². The molecule has 1 heterocycles. The van der Waals surface area contributed by atoms with E-state index in [4.69, 9.17) is 53.8 Å². The van der Waals surface area contributed by atoms with Crippen molar-refractivity contribution in [3.05, 3.63) is 91.9 Å². The molecule has 2 atom stereocenters. The van der Waals surface area contributed by atoms with Crippen LogP contribution in [0.3, 0.4) is 0 Å². The number of carbonyl (C=O) groups excluding carboxylic acids is 2. The third-order valence-corrected chi connectivity index (χ3v) is 10.0. The molecular weight excluding hydrogens is 711 g/mol. The van der Waals surface area contributed by atoms with E-state index in [0.29, 0.717) is 59.3 Å². The maximum absolute atomic E-state index is 14.7. The summed E-state index contributed by atoms with van der Waals surface area (Å²) in [6.07, 6.45) is 3.85. The average Bonchev–Trinajstić information content (AvgIpc) is 3.92. The maximum Gasteiger partial charge on any atom is 0.410 e. The molecular formula is C40H49Cl3N2O6. The molecule has 2 fully saturated rings. The number of aryl methyl sites for hydroxylation is 2. The topological polar surface area (TPSA) is 77.5 Å². The first-order valence-electron chi connectivity index (χ1n) is 17.7. The van der Waals surface area contributed by atoms with Crippen LogP contribution in [-0.2, 0) is 27.2 Å². The molecule has 51 heavy (non-hydrogen) atoms. The predicted octanol–water partition coefficient (Wildman–Crippen LogP) is 9.52. The largest absolute Gasteiger partial charge is 0.490 e. The highest BCUT2D eigenvalue weighted by atomic mass is 35.5. The van der Waals surface area contributed by atoms with Crippen molar-refractivity contribution < 1.29 is 28.5 Å². The van der Waals surface area contributed by atoms with Crippen LogP contribution in [0.2, 0.25) is 15.1 Å². The minimum Gasteiger partial charge on any atom is -0.490 e. The Morgan fingerprint density at radius 3 is 2.22 bits per heavy atom. The fourth-order valence-electron chi connectivity index (χ4n) is 6.59. The molecule has 1 aliphatic heterocycles. The minimum absolute atomic E-state index is 0.0458. The molecule has 8 nitrogen and oxygen atoms in total. The van der Waals surface area contributed by atoms with Gasteiger partial charge in [-0.2, -0.15) is 0 Å². The lowest BCUT2D eigenvalue weighted by Crippen LogP contribution is -2.51. The number of benzene rings is 3. The third-order valence-electron chi connectivity index (χ3n) is 9.21. The first-order chi connectivity index (χ1) is 24.3. The monoisotopic (exact) mass is 758 g/mol. The van der Waals surface area contributed by atoms with E-state index in [9.17, 15) is 9.59 Å². The molecule has 0 radical (unpaired) electrons. The normalized spacial score (nSPS) is 17.6. The average molecular weight is 760 g/mol. The zero-order valence-corrected chi connectivity index (χ0v) is 32.5. The number of ether oxygens (including phenoxy) is 4. The number of hydrogen-bond donors (Lipinski definition) is 0. The number of amides is 2. The summed E-state index contributed by atoms with van der Waals surface area (Å²) in [5.41, 5.74) is 3.55. The van der Waals surface area contributed by atoms with E-state index < -0.39 is 17.6 Å². The van der Waals surface area contributed by atoms with Crippen LogP contribution < -0.4 is 9.47 Å². The molecule has 3 aromatic carbocycles. The SMILES string of the molecule is COCCCc1ccc(Cl)cc1CN(C(=O)C1CN(C(=O)OC(C)(C)C)CCC1c1ccc(OCCOc2c(Cl)cc(C)cc2Cl)cc1)C1CC1. The van der Waals surface area contributed by atoms with Crippen LogP contribution in [0.15, 0.2) is 54.6 Å². The second-order valence-electron chi connectivity index (χ2n) is 14.5. The van der Waals surface area contributed by atoms with Crippen LogP contribution in [0.5, 0.6) is 11.5 Å². The van der Waals surface area contributed by atoms with Gasteiger partial charge in [0.15, 0.2) is 5.75 Å². The Morgan fingerprint density at radius 1 is 0.882 bits per heavy atom. The van der Waals surface area contributed by atoms with Crippen molar-refractivity contribution in [1.29, 1.82) is 0 Å². The number of likely N-dealkylation sites (tertiary alicyclic amines) is 1. The fourth-order valence-corrected chi connectivity index (χ4v) is 7.49. The van der Waals surface area contributed by atoms with Gasteiger partial charge in [-0.3, -0.25) is 4.79 Å². The molecule has 0 aromatic heterocycles. The molecule has 1 saturated carbocycles. The zero-order chi connectivity index (χ0) is 36.7. The molecule has 276 valence electrons. The molecule has 11 heteroatoms. The first kappa shape index (κ1) is 39.0. The first-order valence-corrected chi connectivity index (χ1v) is 18.8. The minimum atomic E-state index is -0.640. The van der Waals surface area contributed by atoms with Gasteiger partial charge in [0, 0.05) is 44.4 Å². The molecule has 0 spiro atoms. The Balaban J connectivity index is 1.32. The highest BCUT2D eigenvalue weighted by Crippen LogP contribution is 2.39. The van der Waals surface area contributed by atoms with Gasteiger partial charge < -0.3 is 28.7 Å². The van der Waals surface area contributed by atoms with E-state index >= 15 is 0 Å². The Morgan fingerprint density at radius 2 is 1.57 bits per heavy atom. The molecule has 0 bridgehead atoms. The predicted molar refractivity (Wildman–Crippen MR) is 203 cm³/mol. The van der Waals surface area contributed by atoms with Crippen LogP contribution in [0.25, 0.3) is 0 Å². The highest BCUT2D eigenvalue weighted by molar-refractivity contribution is 6.37. The molecule has 1 saturated heterocycles. The quantitative estimate of drug-likeness (QED) is 0.153. The number of methoxy groups -OCH3 is 1. The van der Waals surface area contributed by atoms with E-state index in [1.165, 1.54) is 0 Å². The van der Waals surface area contributed by atoms with Crippen LogP contribution >= 0.6 is 34.8 Å². The van der Waals surface area contributed by atoms with Gasteiger partial charge in [0.05, 0.1) is 16.0 Å². The standard InChI is InChI=1S/C40H49Cl3N2O6/c1-26-21-35(42)37(36(43)22-26)50-20-19-49-32-14-9-28(10-15-32)33-16-17-44(39(47)51-40(2,3)4)25-34(33)38(46)45(31-12-13-31)24-29-23-30(41)11-8-27(29)7-6-18-48-5/h8-11,14-15,21-23,31,33-34H,6-7,12-13,16-20,24-25H2,1-5H3. The molecule has 1 aliphatic carbocycles. The van der Waals surface area contributed by atoms with Gasteiger partial charge in [-0.1, -0.05) is 53.0 Å². The van der Waals surface area contributed by atoms with Gasteiger partial charge in [0.25, 0.3) is 0 Å². The fraction of sp³-hybridized carbons (Fsp3) is 0.500.